The first-order chi connectivity index (χ1) is 14.7. The second-order valence-electron chi connectivity index (χ2n) is 6.79. The highest BCUT2D eigenvalue weighted by Gasteiger charge is 2.19. The summed E-state index contributed by atoms with van der Waals surface area (Å²) in [5.74, 6) is 0.0319. The Balaban J connectivity index is 1.56. The maximum atomic E-state index is 12.9. The lowest BCUT2D eigenvalue weighted by Gasteiger charge is -2.14. The quantitative estimate of drug-likeness (QED) is 0.485. The van der Waals surface area contributed by atoms with Gasteiger partial charge in [0.15, 0.2) is 5.82 Å². The van der Waals surface area contributed by atoms with E-state index in [9.17, 15) is 9.59 Å². The molecule has 2 aromatic carbocycles. The molecule has 4 aromatic rings. The van der Waals surface area contributed by atoms with Crippen molar-refractivity contribution in [1.29, 1.82) is 0 Å². The van der Waals surface area contributed by atoms with Crippen LogP contribution in [-0.4, -0.2) is 33.0 Å². The summed E-state index contributed by atoms with van der Waals surface area (Å²) in [4.78, 5) is 28.8. The lowest BCUT2D eigenvalue weighted by Crippen LogP contribution is -2.38. The van der Waals surface area contributed by atoms with E-state index in [0.717, 1.165) is 23.1 Å². The van der Waals surface area contributed by atoms with E-state index in [1.807, 2.05) is 66.7 Å². The zero-order chi connectivity index (χ0) is 20.8. The monoisotopic (exact) mass is 396 g/mol. The molecule has 6 heteroatoms. The number of nitrogens with zero attached hydrogens (tertiary/aromatic N) is 3. The average Bonchev–Trinajstić information content (AvgIpc) is 3.30. The fraction of sp³-hybridized carbons (Fsp3) is 0.0833. The van der Waals surface area contributed by atoms with Crippen LogP contribution in [0.15, 0.2) is 91.3 Å². The van der Waals surface area contributed by atoms with E-state index < -0.39 is 6.04 Å². The van der Waals surface area contributed by atoms with E-state index in [0.29, 0.717) is 17.8 Å². The second-order valence-corrected chi connectivity index (χ2v) is 6.79. The fourth-order valence-electron chi connectivity index (χ4n) is 3.21. The number of rotatable bonds is 7. The highest BCUT2D eigenvalue weighted by atomic mass is 16.2. The standard InChI is InChI=1S/C24H20N4O2/c29-17-20(16-18-8-3-1-4-9-18)26-24(30)21-12-7-14-25-23(21)28-15-13-22(27-28)19-10-5-2-6-11-19/h1-15,17,20H,16H2,(H,26,30)/t20-/m0/s1. The molecular formula is C24H20N4O2. The van der Waals surface area contributed by atoms with E-state index in [1.54, 1.807) is 29.2 Å². The molecule has 0 aliphatic carbocycles. The summed E-state index contributed by atoms with van der Waals surface area (Å²) in [5, 5.41) is 7.36. The minimum absolute atomic E-state index is 0.347. The molecule has 1 atom stereocenters. The summed E-state index contributed by atoms with van der Waals surface area (Å²) in [6.07, 6.45) is 4.55. The van der Waals surface area contributed by atoms with Crippen molar-refractivity contribution in [3.63, 3.8) is 0 Å². The van der Waals surface area contributed by atoms with Crippen LogP contribution in [0.1, 0.15) is 15.9 Å². The molecule has 0 radical (unpaired) electrons. The second kappa shape index (κ2) is 8.96. The molecule has 0 saturated heterocycles. The summed E-state index contributed by atoms with van der Waals surface area (Å²) in [7, 11) is 0. The van der Waals surface area contributed by atoms with Crippen LogP contribution in [0.3, 0.4) is 0 Å². The van der Waals surface area contributed by atoms with Gasteiger partial charge < -0.3 is 10.1 Å². The lowest BCUT2D eigenvalue weighted by atomic mass is 10.1. The van der Waals surface area contributed by atoms with Crippen molar-refractivity contribution in [2.75, 3.05) is 0 Å². The number of benzene rings is 2. The van der Waals surface area contributed by atoms with Crippen LogP contribution in [0.5, 0.6) is 0 Å². The zero-order valence-electron chi connectivity index (χ0n) is 16.2. The van der Waals surface area contributed by atoms with Crippen LogP contribution in [-0.2, 0) is 11.2 Å². The molecule has 30 heavy (non-hydrogen) atoms. The van der Waals surface area contributed by atoms with Crippen molar-refractivity contribution in [3.05, 3.63) is 102 Å². The van der Waals surface area contributed by atoms with Gasteiger partial charge in [-0.2, -0.15) is 5.10 Å². The summed E-state index contributed by atoms with van der Waals surface area (Å²) >= 11 is 0. The number of carbonyl (C=O) groups is 2. The van der Waals surface area contributed by atoms with Gasteiger partial charge in [-0.25, -0.2) is 9.67 Å². The van der Waals surface area contributed by atoms with Crippen molar-refractivity contribution in [3.8, 4) is 17.1 Å². The molecule has 4 rings (SSSR count). The Hall–Kier alpha value is -4.06. The third-order valence-electron chi connectivity index (χ3n) is 4.69. The Kier molecular flexibility index (Phi) is 5.75. The van der Waals surface area contributed by atoms with Gasteiger partial charge in [0.25, 0.3) is 5.91 Å². The molecule has 6 nitrogen and oxygen atoms in total. The van der Waals surface area contributed by atoms with E-state index in [2.05, 4.69) is 15.4 Å². The van der Waals surface area contributed by atoms with Crippen molar-refractivity contribution in [2.24, 2.45) is 0 Å². The first-order valence-electron chi connectivity index (χ1n) is 9.61. The van der Waals surface area contributed by atoms with Gasteiger partial charge in [-0.05, 0) is 30.2 Å². The van der Waals surface area contributed by atoms with E-state index in [1.165, 1.54) is 0 Å². The van der Waals surface area contributed by atoms with Gasteiger partial charge in [0.05, 0.1) is 17.3 Å². The number of pyridine rings is 1. The van der Waals surface area contributed by atoms with E-state index in [4.69, 9.17) is 0 Å². The molecule has 1 N–H and O–H groups in total. The topological polar surface area (TPSA) is 76.9 Å². The predicted molar refractivity (Wildman–Crippen MR) is 114 cm³/mol. The third-order valence-corrected chi connectivity index (χ3v) is 4.69. The Bertz CT molecular complexity index is 1140. The average molecular weight is 396 g/mol. The molecule has 0 saturated carbocycles. The summed E-state index contributed by atoms with van der Waals surface area (Å²) in [6, 6.07) is 23.9. The van der Waals surface area contributed by atoms with Crippen LogP contribution in [0.2, 0.25) is 0 Å². The number of carbonyl (C=O) groups excluding carboxylic acids is 2. The summed E-state index contributed by atoms with van der Waals surface area (Å²) in [6.45, 7) is 0. The number of amides is 1. The van der Waals surface area contributed by atoms with Gasteiger partial charge >= 0.3 is 0 Å². The SMILES string of the molecule is O=C[C@H](Cc1ccccc1)NC(=O)c1cccnc1-n1ccc(-c2ccccc2)n1. The van der Waals surface area contributed by atoms with Gasteiger partial charge in [0.1, 0.15) is 6.29 Å². The zero-order valence-corrected chi connectivity index (χ0v) is 16.2. The number of nitrogens with one attached hydrogen (secondary N) is 1. The molecule has 2 aromatic heterocycles. The lowest BCUT2D eigenvalue weighted by molar-refractivity contribution is -0.109. The van der Waals surface area contributed by atoms with Gasteiger partial charge in [-0.15, -0.1) is 0 Å². The molecule has 0 spiro atoms. The first kappa shape index (κ1) is 19.3. The largest absolute Gasteiger partial charge is 0.342 e. The molecule has 0 unspecified atom stereocenters. The molecular weight excluding hydrogens is 376 g/mol. The smallest absolute Gasteiger partial charge is 0.255 e. The van der Waals surface area contributed by atoms with Gasteiger partial charge in [0.2, 0.25) is 0 Å². The Morgan fingerprint density at radius 3 is 2.43 bits per heavy atom. The highest BCUT2D eigenvalue weighted by Crippen LogP contribution is 2.19. The Morgan fingerprint density at radius 1 is 0.967 bits per heavy atom. The van der Waals surface area contributed by atoms with Gasteiger partial charge in [-0.1, -0.05) is 60.7 Å². The maximum Gasteiger partial charge on any atom is 0.255 e. The molecule has 0 fully saturated rings. The van der Waals surface area contributed by atoms with Crippen LogP contribution in [0, 0.1) is 0 Å². The molecule has 1 amide bonds. The molecule has 148 valence electrons. The number of hydrogen-bond acceptors (Lipinski definition) is 4. The van der Waals surface area contributed by atoms with Gasteiger partial charge in [0, 0.05) is 18.0 Å². The fourth-order valence-corrected chi connectivity index (χ4v) is 3.21. The van der Waals surface area contributed by atoms with Crippen molar-refractivity contribution < 1.29 is 9.59 Å². The van der Waals surface area contributed by atoms with Crippen LogP contribution < -0.4 is 5.32 Å². The molecule has 0 aliphatic rings. The van der Waals surface area contributed by atoms with Crippen LogP contribution in [0.25, 0.3) is 17.1 Å². The summed E-state index contributed by atoms with van der Waals surface area (Å²) in [5.41, 5.74) is 3.07. The molecule has 0 aliphatic heterocycles. The van der Waals surface area contributed by atoms with Crippen molar-refractivity contribution in [1.82, 2.24) is 20.1 Å². The van der Waals surface area contributed by atoms with Crippen LogP contribution in [0.4, 0.5) is 0 Å². The number of aromatic nitrogens is 3. The maximum absolute atomic E-state index is 12.9. The van der Waals surface area contributed by atoms with Crippen molar-refractivity contribution >= 4 is 12.2 Å². The Labute approximate surface area is 174 Å². The normalized spacial score (nSPS) is 11.6. The third kappa shape index (κ3) is 4.33. The van der Waals surface area contributed by atoms with Gasteiger partial charge in [-0.3, -0.25) is 4.79 Å². The van der Waals surface area contributed by atoms with Crippen molar-refractivity contribution in [2.45, 2.75) is 12.5 Å². The Morgan fingerprint density at radius 2 is 1.70 bits per heavy atom. The molecule has 0 bridgehead atoms. The van der Waals surface area contributed by atoms with E-state index in [-0.39, 0.29) is 5.91 Å². The summed E-state index contributed by atoms with van der Waals surface area (Å²) < 4.78 is 1.57. The number of aldehydes is 1. The first-order valence-corrected chi connectivity index (χ1v) is 9.61. The van der Waals surface area contributed by atoms with E-state index >= 15 is 0 Å². The number of hydrogen-bond donors (Lipinski definition) is 1. The minimum Gasteiger partial charge on any atom is -0.342 e. The van der Waals surface area contributed by atoms with Crippen LogP contribution >= 0.6 is 0 Å². The highest BCUT2D eigenvalue weighted by molar-refractivity contribution is 5.98. The minimum atomic E-state index is -0.634. The predicted octanol–water partition coefficient (Wildman–Crippen LogP) is 3.47. The molecule has 2 heterocycles.